The fourth-order valence-corrected chi connectivity index (χ4v) is 1.51. The maximum atomic E-state index is 9.79. The average molecular weight is 220 g/mol. The van der Waals surface area contributed by atoms with Gasteiger partial charge >= 0.3 is 0 Å². The van der Waals surface area contributed by atoms with Gasteiger partial charge in [0.1, 0.15) is 11.5 Å². The molecule has 0 aliphatic rings. The summed E-state index contributed by atoms with van der Waals surface area (Å²) in [5.41, 5.74) is 6.80. The van der Waals surface area contributed by atoms with E-state index in [1.807, 2.05) is 6.92 Å². The van der Waals surface area contributed by atoms with Gasteiger partial charge in [0, 0.05) is 6.07 Å². The quantitative estimate of drug-likeness (QED) is 0.808. The molecule has 0 saturated carbocycles. The second-order valence-electron chi connectivity index (χ2n) is 3.46. The summed E-state index contributed by atoms with van der Waals surface area (Å²) in [6.07, 6.45) is 0. The minimum absolute atomic E-state index is 0.106. The van der Waals surface area contributed by atoms with Crippen molar-refractivity contribution in [1.29, 1.82) is 0 Å². The summed E-state index contributed by atoms with van der Waals surface area (Å²) in [6.45, 7) is 1.84. The van der Waals surface area contributed by atoms with Crippen molar-refractivity contribution >= 4 is 5.82 Å². The zero-order valence-electron chi connectivity index (χ0n) is 9.02. The monoisotopic (exact) mass is 220 g/mol. The number of nitrogen functional groups attached to an aromatic ring is 1. The van der Waals surface area contributed by atoms with Crippen LogP contribution in [0.1, 0.15) is 5.56 Å². The van der Waals surface area contributed by atoms with Gasteiger partial charge < -0.3 is 20.1 Å². The van der Waals surface area contributed by atoms with E-state index in [2.05, 4.69) is 5.16 Å². The summed E-state index contributed by atoms with van der Waals surface area (Å²) in [5.74, 6) is 1.46. The molecule has 0 aliphatic heterocycles. The Morgan fingerprint density at radius 1 is 1.38 bits per heavy atom. The van der Waals surface area contributed by atoms with Gasteiger partial charge in [-0.2, -0.15) is 0 Å². The topological polar surface area (TPSA) is 81.5 Å². The van der Waals surface area contributed by atoms with E-state index in [1.54, 1.807) is 25.3 Å². The van der Waals surface area contributed by atoms with Crippen LogP contribution in [-0.4, -0.2) is 17.4 Å². The molecule has 16 heavy (non-hydrogen) atoms. The number of aromatic hydroxyl groups is 1. The molecule has 0 bridgehead atoms. The Hall–Kier alpha value is -2.17. The van der Waals surface area contributed by atoms with Gasteiger partial charge in [0.15, 0.2) is 11.6 Å². The third-order valence-corrected chi connectivity index (χ3v) is 2.31. The van der Waals surface area contributed by atoms with E-state index in [4.69, 9.17) is 15.0 Å². The molecule has 1 heterocycles. The third-order valence-electron chi connectivity index (χ3n) is 2.31. The molecular formula is C11H12N2O3. The van der Waals surface area contributed by atoms with Crippen LogP contribution in [0.25, 0.3) is 11.3 Å². The van der Waals surface area contributed by atoms with Gasteiger partial charge in [0.2, 0.25) is 0 Å². The number of hydrogen-bond donors (Lipinski definition) is 2. The Kier molecular flexibility index (Phi) is 2.44. The molecule has 1 aromatic heterocycles. The highest BCUT2D eigenvalue weighted by Crippen LogP contribution is 2.35. The fourth-order valence-electron chi connectivity index (χ4n) is 1.51. The molecule has 5 nitrogen and oxygen atoms in total. The van der Waals surface area contributed by atoms with Gasteiger partial charge in [0.25, 0.3) is 0 Å². The molecule has 0 atom stereocenters. The molecule has 0 radical (unpaired) electrons. The van der Waals surface area contributed by atoms with Crippen LogP contribution in [0.2, 0.25) is 0 Å². The zero-order valence-corrected chi connectivity index (χ0v) is 9.02. The summed E-state index contributed by atoms with van der Waals surface area (Å²) in [7, 11) is 1.57. The van der Waals surface area contributed by atoms with Crippen LogP contribution < -0.4 is 10.5 Å². The molecule has 0 saturated heterocycles. The average Bonchev–Trinajstić information content (AvgIpc) is 2.65. The lowest BCUT2D eigenvalue weighted by molar-refractivity contribution is 0.406. The van der Waals surface area contributed by atoms with E-state index in [1.165, 1.54) is 0 Å². The second kappa shape index (κ2) is 3.77. The molecule has 2 rings (SSSR count). The molecule has 2 aromatic rings. The van der Waals surface area contributed by atoms with Crippen molar-refractivity contribution in [3.8, 4) is 22.8 Å². The molecule has 0 aliphatic carbocycles. The number of hydrogen-bond acceptors (Lipinski definition) is 5. The van der Waals surface area contributed by atoms with Crippen molar-refractivity contribution in [1.82, 2.24) is 5.16 Å². The number of nitrogens with two attached hydrogens (primary N) is 1. The molecular weight excluding hydrogens is 208 g/mol. The van der Waals surface area contributed by atoms with Crippen LogP contribution in [0.4, 0.5) is 5.82 Å². The zero-order chi connectivity index (χ0) is 11.7. The van der Waals surface area contributed by atoms with E-state index in [0.717, 1.165) is 5.56 Å². The van der Waals surface area contributed by atoms with Crippen LogP contribution in [0.15, 0.2) is 22.7 Å². The van der Waals surface area contributed by atoms with Gasteiger partial charge in [-0.05, 0) is 24.6 Å². The van der Waals surface area contributed by atoms with Crippen LogP contribution in [0, 0.1) is 6.92 Å². The fraction of sp³-hybridized carbons (Fsp3) is 0.182. The highest BCUT2D eigenvalue weighted by atomic mass is 16.5. The molecule has 3 N–H and O–H groups in total. The standard InChI is InChI=1S/C11H12N2O3/c1-6-3-8(14)7(4-9(6)15-2)10-5-11(12)13-16-10/h3-5,14H,1-2H3,(H2,12,13). The highest BCUT2D eigenvalue weighted by Gasteiger charge is 2.13. The van der Waals surface area contributed by atoms with Crippen LogP contribution >= 0.6 is 0 Å². The van der Waals surface area contributed by atoms with Crippen molar-refractivity contribution in [2.24, 2.45) is 0 Å². The van der Waals surface area contributed by atoms with E-state index in [9.17, 15) is 5.11 Å². The first-order valence-corrected chi connectivity index (χ1v) is 4.72. The third kappa shape index (κ3) is 1.67. The van der Waals surface area contributed by atoms with Gasteiger partial charge in [-0.1, -0.05) is 5.16 Å². The van der Waals surface area contributed by atoms with Crippen molar-refractivity contribution in [2.45, 2.75) is 6.92 Å². The minimum Gasteiger partial charge on any atom is -0.507 e. The highest BCUT2D eigenvalue weighted by molar-refractivity contribution is 5.70. The molecule has 1 aromatic carbocycles. The van der Waals surface area contributed by atoms with Gasteiger partial charge in [-0.25, -0.2) is 0 Å². The van der Waals surface area contributed by atoms with Crippen LogP contribution in [-0.2, 0) is 0 Å². The number of rotatable bonds is 2. The normalized spacial score (nSPS) is 10.4. The number of benzene rings is 1. The SMILES string of the molecule is COc1cc(-c2cc(N)no2)c(O)cc1C. The predicted octanol–water partition coefficient (Wildman–Crippen LogP) is 1.95. The number of anilines is 1. The molecule has 5 heteroatoms. The van der Waals surface area contributed by atoms with Crippen LogP contribution in [0.3, 0.4) is 0 Å². The van der Waals surface area contributed by atoms with E-state index < -0.39 is 0 Å². The second-order valence-corrected chi connectivity index (χ2v) is 3.46. The summed E-state index contributed by atoms with van der Waals surface area (Å²) >= 11 is 0. The van der Waals surface area contributed by atoms with Crippen molar-refractivity contribution in [3.05, 3.63) is 23.8 Å². The lowest BCUT2D eigenvalue weighted by Gasteiger charge is -2.07. The Morgan fingerprint density at radius 2 is 2.12 bits per heavy atom. The summed E-state index contributed by atoms with van der Waals surface area (Å²) in [6, 6.07) is 4.83. The van der Waals surface area contributed by atoms with Gasteiger partial charge in [-0.15, -0.1) is 0 Å². The molecule has 0 spiro atoms. The Morgan fingerprint density at radius 3 is 2.69 bits per heavy atom. The lowest BCUT2D eigenvalue weighted by atomic mass is 10.1. The number of aromatic nitrogens is 1. The maximum absolute atomic E-state index is 9.79. The lowest BCUT2D eigenvalue weighted by Crippen LogP contribution is -1.88. The number of phenolic OH excluding ortho intramolecular Hbond substituents is 1. The minimum atomic E-state index is 0.106. The van der Waals surface area contributed by atoms with Crippen LogP contribution in [0.5, 0.6) is 11.5 Å². The summed E-state index contributed by atoms with van der Waals surface area (Å²) in [5, 5.41) is 13.4. The molecule has 84 valence electrons. The molecule has 0 unspecified atom stereocenters. The van der Waals surface area contributed by atoms with E-state index >= 15 is 0 Å². The summed E-state index contributed by atoms with van der Waals surface area (Å²) in [4.78, 5) is 0. The Bertz CT molecular complexity index is 520. The Labute approximate surface area is 92.4 Å². The largest absolute Gasteiger partial charge is 0.507 e. The number of phenols is 1. The molecule has 0 amide bonds. The Balaban J connectivity index is 2.56. The first-order valence-electron chi connectivity index (χ1n) is 4.72. The van der Waals surface area contributed by atoms with Crippen molar-refractivity contribution in [2.75, 3.05) is 12.8 Å². The first-order chi connectivity index (χ1) is 7.61. The number of nitrogens with zero attached hydrogens (tertiary/aromatic N) is 1. The number of ether oxygens (including phenoxy) is 1. The van der Waals surface area contributed by atoms with E-state index in [-0.39, 0.29) is 11.6 Å². The smallest absolute Gasteiger partial charge is 0.172 e. The number of aryl methyl sites for hydroxylation is 1. The summed E-state index contributed by atoms with van der Waals surface area (Å²) < 4.78 is 10.1. The number of methoxy groups -OCH3 is 1. The predicted molar refractivity (Wildman–Crippen MR) is 59.3 cm³/mol. The van der Waals surface area contributed by atoms with Gasteiger partial charge in [0.05, 0.1) is 12.7 Å². The van der Waals surface area contributed by atoms with Crippen molar-refractivity contribution in [3.63, 3.8) is 0 Å². The maximum Gasteiger partial charge on any atom is 0.172 e. The van der Waals surface area contributed by atoms with E-state index in [0.29, 0.717) is 17.1 Å². The molecule has 0 fully saturated rings. The first kappa shape index (κ1) is 10.4. The van der Waals surface area contributed by atoms with Crippen molar-refractivity contribution < 1.29 is 14.4 Å². The van der Waals surface area contributed by atoms with Gasteiger partial charge in [-0.3, -0.25) is 0 Å².